The number of halogens is 1. The molecule has 0 saturated carbocycles. The van der Waals surface area contributed by atoms with Crippen LogP contribution in [0.15, 0.2) is 18.2 Å². The second kappa shape index (κ2) is 5.57. The van der Waals surface area contributed by atoms with E-state index < -0.39 is 16.3 Å². The first-order valence-corrected chi connectivity index (χ1v) is 6.42. The lowest BCUT2D eigenvalue weighted by Crippen LogP contribution is -2.03. The molecule has 1 unspecified atom stereocenters. The minimum absolute atomic E-state index is 0.0917. The lowest BCUT2D eigenvalue weighted by molar-refractivity contribution is 0.108. The predicted molar refractivity (Wildman–Crippen MR) is 63.3 cm³/mol. The van der Waals surface area contributed by atoms with Crippen molar-refractivity contribution >= 4 is 27.9 Å². The summed E-state index contributed by atoms with van der Waals surface area (Å²) in [5, 5.41) is -0.576. The van der Waals surface area contributed by atoms with Gasteiger partial charge in [-0.25, -0.2) is 0 Å². The number of carbonyl (C=O) groups is 1. The Labute approximate surface area is 102 Å². The van der Waals surface area contributed by atoms with Gasteiger partial charge in [-0.05, 0) is 40.8 Å². The quantitative estimate of drug-likeness (QED) is 0.617. The highest BCUT2D eigenvalue weighted by molar-refractivity contribution is 7.78. The molecule has 0 amide bonds. The molecule has 3 nitrogen and oxygen atoms in total. The van der Waals surface area contributed by atoms with E-state index in [-0.39, 0.29) is 11.7 Å². The van der Waals surface area contributed by atoms with E-state index in [1.54, 1.807) is 18.2 Å². The zero-order valence-electron chi connectivity index (χ0n) is 9.03. The number of benzene rings is 1. The van der Waals surface area contributed by atoms with E-state index in [1.165, 1.54) is 0 Å². The maximum Gasteiger partial charge on any atom is 0.252 e. The van der Waals surface area contributed by atoms with Gasteiger partial charge in [-0.3, -0.25) is 9.00 Å². The van der Waals surface area contributed by atoms with E-state index in [0.717, 1.165) is 5.56 Å². The Hall–Kier alpha value is -0.710. The summed E-state index contributed by atoms with van der Waals surface area (Å²) in [5.74, 6) is 0.115. The largest absolute Gasteiger partial charge is 0.772 e. The van der Waals surface area contributed by atoms with Crippen molar-refractivity contribution in [1.29, 1.82) is 0 Å². The molecule has 1 atom stereocenters. The van der Waals surface area contributed by atoms with Gasteiger partial charge in [-0.15, -0.1) is 0 Å². The maximum atomic E-state index is 11.0. The van der Waals surface area contributed by atoms with Crippen LogP contribution in [-0.4, -0.2) is 14.0 Å². The molecule has 0 aliphatic carbocycles. The fourth-order valence-corrected chi connectivity index (χ4v) is 2.16. The standard InChI is InChI=1S/C11H13ClO3S/c1-7(2)10-4-3-8(11(12)13)5-9(10)6-16(14)15/h3-5,7H,6H2,1-2H3,(H,14,15)/p-1. The third-order valence-corrected chi connectivity index (χ3v) is 3.03. The van der Waals surface area contributed by atoms with E-state index in [9.17, 15) is 13.6 Å². The molecular formula is C11H12ClO3S-. The van der Waals surface area contributed by atoms with E-state index in [2.05, 4.69) is 0 Å². The SMILES string of the molecule is CC(C)c1ccc(C(=O)Cl)cc1CS(=O)[O-]. The van der Waals surface area contributed by atoms with Gasteiger partial charge >= 0.3 is 0 Å². The van der Waals surface area contributed by atoms with Crippen molar-refractivity contribution in [3.63, 3.8) is 0 Å². The second-order valence-electron chi connectivity index (χ2n) is 3.79. The number of hydrogen-bond acceptors (Lipinski definition) is 3. The van der Waals surface area contributed by atoms with Crippen LogP contribution in [-0.2, 0) is 16.8 Å². The summed E-state index contributed by atoms with van der Waals surface area (Å²) < 4.78 is 21.4. The molecule has 88 valence electrons. The van der Waals surface area contributed by atoms with Gasteiger partial charge in [0.1, 0.15) is 0 Å². The second-order valence-corrected chi connectivity index (χ2v) is 5.03. The van der Waals surface area contributed by atoms with Gasteiger partial charge in [-0.2, -0.15) is 0 Å². The third-order valence-electron chi connectivity index (χ3n) is 2.27. The number of rotatable bonds is 4. The Kier molecular flexibility index (Phi) is 4.65. The van der Waals surface area contributed by atoms with Gasteiger partial charge < -0.3 is 4.55 Å². The summed E-state index contributed by atoms with van der Waals surface area (Å²) in [7, 11) is 0. The van der Waals surface area contributed by atoms with E-state index in [1.807, 2.05) is 13.8 Å². The van der Waals surface area contributed by atoms with Crippen molar-refractivity contribution in [2.75, 3.05) is 0 Å². The fraction of sp³-hybridized carbons (Fsp3) is 0.364. The average Bonchev–Trinajstić information content (AvgIpc) is 2.15. The smallest absolute Gasteiger partial charge is 0.252 e. The highest BCUT2D eigenvalue weighted by atomic mass is 35.5. The number of hydrogen-bond donors (Lipinski definition) is 0. The van der Waals surface area contributed by atoms with Crippen LogP contribution in [0.4, 0.5) is 0 Å². The molecule has 0 spiro atoms. The van der Waals surface area contributed by atoms with Crippen molar-refractivity contribution in [1.82, 2.24) is 0 Å². The Bertz CT molecular complexity index is 429. The topological polar surface area (TPSA) is 57.2 Å². The lowest BCUT2D eigenvalue weighted by Gasteiger charge is -2.14. The zero-order valence-corrected chi connectivity index (χ0v) is 10.6. The van der Waals surface area contributed by atoms with Gasteiger partial charge in [0.15, 0.2) is 0 Å². The average molecular weight is 260 g/mol. The van der Waals surface area contributed by atoms with Gasteiger partial charge in [-0.1, -0.05) is 31.0 Å². The first-order chi connectivity index (χ1) is 7.41. The summed E-state index contributed by atoms with van der Waals surface area (Å²) in [6.45, 7) is 3.93. The molecular weight excluding hydrogens is 248 g/mol. The van der Waals surface area contributed by atoms with Crippen molar-refractivity contribution in [2.24, 2.45) is 0 Å². The van der Waals surface area contributed by atoms with Crippen molar-refractivity contribution < 1.29 is 13.6 Å². The van der Waals surface area contributed by atoms with Gasteiger partial charge in [0, 0.05) is 11.3 Å². The third kappa shape index (κ3) is 3.40. The lowest BCUT2D eigenvalue weighted by atomic mass is 9.96. The molecule has 0 N–H and O–H groups in total. The summed E-state index contributed by atoms with van der Waals surface area (Å²) >= 11 is 3.18. The molecule has 16 heavy (non-hydrogen) atoms. The van der Waals surface area contributed by atoms with Crippen molar-refractivity contribution in [3.05, 3.63) is 34.9 Å². The first-order valence-electron chi connectivity index (χ1n) is 4.80. The van der Waals surface area contributed by atoms with Crippen LogP contribution in [0.5, 0.6) is 0 Å². The molecule has 0 aromatic heterocycles. The Balaban J connectivity index is 3.20. The van der Waals surface area contributed by atoms with E-state index >= 15 is 0 Å². The molecule has 0 aliphatic heterocycles. The summed E-state index contributed by atoms with van der Waals surface area (Å²) in [6.07, 6.45) is 0. The Morgan fingerprint density at radius 1 is 1.50 bits per heavy atom. The van der Waals surface area contributed by atoms with Crippen LogP contribution in [0.3, 0.4) is 0 Å². The minimum atomic E-state index is -2.17. The van der Waals surface area contributed by atoms with Crippen LogP contribution in [0.25, 0.3) is 0 Å². The zero-order chi connectivity index (χ0) is 12.3. The van der Waals surface area contributed by atoms with Gasteiger partial charge in [0.25, 0.3) is 5.24 Å². The van der Waals surface area contributed by atoms with Crippen LogP contribution in [0.2, 0.25) is 0 Å². The first kappa shape index (κ1) is 13.4. The molecule has 0 radical (unpaired) electrons. The van der Waals surface area contributed by atoms with Gasteiger partial charge in [0.05, 0.1) is 0 Å². The Morgan fingerprint density at radius 3 is 2.56 bits per heavy atom. The van der Waals surface area contributed by atoms with Crippen LogP contribution in [0.1, 0.15) is 41.3 Å². The summed E-state index contributed by atoms with van der Waals surface area (Å²) in [6, 6.07) is 4.91. The molecule has 1 aromatic rings. The van der Waals surface area contributed by atoms with E-state index in [0.29, 0.717) is 11.1 Å². The molecule has 0 fully saturated rings. The predicted octanol–water partition coefficient (Wildman–Crippen LogP) is 2.57. The van der Waals surface area contributed by atoms with Crippen molar-refractivity contribution in [2.45, 2.75) is 25.5 Å². The molecule has 0 aliphatic rings. The Morgan fingerprint density at radius 2 is 2.12 bits per heavy atom. The molecule has 0 heterocycles. The normalized spacial score (nSPS) is 12.8. The highest BCUT2D eigenvalue weighted by Gasteiger charge is 2.10. The van der Waals surface area contributed by atoms with E-state index in [4.69, 9.17) is 11.6 Å². The van der Waals surface area contributed by atoms with Gasteiger partial charge in [0.2, 0.25) is 0 Å². The molecule has 5 heteroatoms. The molecule has 1 aromatic carbocycles. The van der Waals surface area contributed by atoms with Crippen molar-refractivity contribution in [3.8, 4) is 0 Å². The van der Waals surface area contributed by atoms with Crippen LogP contribution >= 0.6 is 11.6 Å². The summed E-state index contributed by atoms with van der Waals surface area (Å²) in [4.78, 5) is 11.0. The maximum absolute atomic E-state index is 11.0. The fourth-order valence-electron chi connectivity index (χ4n) is 1.54. The summed E-state index contributed by atoms with van der Waals surface area (Å²) in [5.41, 5.74) is 1.88. The van der Waals surface area contributed by atoms with Crippen LogP contribution < -0.4 is 0 Å². The number of carbonyl (C=O) groups excluding carboxylic acids is 1. The van der Waals surface area contributed by atoms with Crippen LogP contribution in [0, 0.1) is 0 Å². The molecule has 0 bridgehead atoms. The molecule has 0 saturated heterocycles. The highest BCUT2D eigenvalue weighted by Crippen LogP contribution is 2.22. The molecule has 1 rings (SSSR count). The minimum Gasteiger partial charge on any atom is -0.772 e. The monoisotopic (exact) mass is 259 g/mol.